The molecule has 1 heterocycles. The molecular formula is C20H35ClOS2. The molecule has 1 fully saturated rings. The first-order valence-corrected chi connectivity index (χ1v) is 12.1. The molecular weight excluding hydrogens is 356 g/mol. The van der Waals surface area contributed by atoms with Gasteiger partial charge in [0.25, 0.3) is 0 Å². The lowest BCUT2D eigenvalue weighted by Gasteiger charge is -2.27. The fraction of sp³-hybridized carbons (Fsp3) is 0.850. The number of unbranched alkanes of at least 4 members (excludes halogenated alkanes) is 7. The zero-order valence-electron chi connectivity index (χ0n) is 15.4. The Hall–Kier alpha value is 0.400. The fourth-order valence-electron chi connectivity index (χ4n) is 3.17. The summed E-state index contributed by atoms with van der Waals surface area (Å²) < 4.78 is 0.557. The van der Waals surface area contributed by atoms with Crippen LogP contribution >= 0.6 is 35.1 Å². The van der Waals surface area contributed by atoms with Gasteiger partial charge in [-0.1, -0.05) is 64.0 Å². The van der Waals surface area contributed by atoms with Crippen molar-refractivity contribution in [2.45, 2.75) is 94.5 Å². The van der Waals surface area contributed by atoms with Crippen molar-refractivity contribution < 1.29 is 4.79 Å². The Balaban J connectivity index is 2.03. The van der Waals surface area contributed by atoms with Gasteiger partial charge in [0, 0.05) is 17.9 Å². The summed E-state index contributed by atoms with van der Waals surface area (Å²) in [5, 5.41) is -0.231. The van der Waals surface area contributed by atoms with Crippen molar-refractivity contribution in [2.75, 3.05) is 11.5 Å². The summed E-state index contributed by atoms with van der Waals surface area (Å²) in [6, 6.07) is 0. The van der Waals surface area contributed by atoms with Crippen LogP contribution in [0.2, 0.25) is 0 Å². The lowest BCUT2D eigenvalue weighted by Crippen LogP contribution is -2.16. The van der Waals surface area contributed by atoms with Gasteiger partial charge in [0.05, 0.1) is 4.08 Å². The number of halogens is 1. The molecule has 0 N–H and O–H groups in total. The minimum atomic E-state index is -0.231. The summed E-state index contributed by atoms with van der Waals surface area (Å²) in [7, 11) is 0. The Labute approximate surface area is 163 Å². The smallest absolute Gasteiger partial charge is 0.221 e. The molecule has 140 valence electrons. The standard InChI is InChI=1S/C20H35ClOS2/c1-2-3-4-12-15-20(23-17-18-24-20)16-13-10-8-6-5-7-9-11-14-19(21)22/h7,9H,2-6,8,10-18H2,1H3/b9-7+. The molecule has 0 unspecified atom stereocenters. The minimum absolute atomic E-state index is 0.231. The maximum atomic E-state index is 10.6. The normalized spacial score (nSPS) is 16.9. The van der Waals surface area contributed by atoms with Crippen LogP contribution in [0.4, 0.5) is 0 Å². The van der Waals surface area contributed by atoms with Gasteiger partial charge in [0.15, 0.2) is 0 Å². The number of hydrogen-bond acceptors (Lipinski definition) is 3. The van der Waals surface area contributed by atoms with Crippen molar-refractivity contribution in [3.63, 3.8) is 0 Å². The van der Waals surface area contributed by atoms with E-state index in [0.717, 1.165) is 12.8 Å². The van der Waals surface area contributed by atoms with Crippen LogP contribution in [-0.2, 0) is 4.79 Å². The Bertz CT molecular complexity index is 352. The van der Waals surface area contributed by atoms with Crippen LogP contribution in [0.5, 0.6) is 0 Å². The van der Waals surface area contributed by atoms with Gasteiger partial charge in [0.1, 0.15) is 0 Å². The summed E-state index contributed by atoms with van der Waals surface area (Å²) >= 11 is 9.79. The number of carbonyl (C=O) groups excluding carboxylic acids is 1. The van der Waals surface area contributed by atoms with Crippen molar-refractivity contribution in [1.29, 1.82) is 0 Å². The molecule has 1 saturated heterocycles. The van der Waals surface area contributed by atoms with E-state index in [1.165, 1.54) is 75.7 Å². The third kappa shape index (κ3) is 11.1. The molecule has 0 aromatic rings. The zero-order valence-corrected chi connectivity index (χ0v) is 17.8. The van der Waals surface area contributed by atoms with Gasteiger partial charge in [-0.15, -0.1) is 23.5 Å². The highest BCUT2D eigenvalue weighted by Gasteiger charge is 2.34. The maximum absolute atomic E-state index is 10.6. The van der Waals surface area contributed by atoms with Gasteiger partial charge in [-0.05, 0) is 43.7 Å². The van der Waals surface area contributed by atoms with E-state index in [9.17, 15) is 4.79 Å². The summed E-state index contributed by atoms with van der Waals surface area (Å²) in [5.74, 6) is 2.71. The molecule has 0 amide bonds. The Morgan fingerprint density at radius 3 is 2.12 bits per heavy atom. The van der Waals surface area contributed by atoms with E-state index in [0.29, 0.717) is 10.5 Å². The van der Waals surface area contributed by atoms with Gasteiger partial charge in [-0.2, -0.15) is 0 Å². The summed E-state index contributed by atoms with van der Waals surface area (Å²) in [6.07, 6.45) is 20.5. The second-order valence-electron chi connectivity index (χ2n) is 6.74. The number of allylic oxidation sites excluding steroid dienone is 2. The predicted octanol–water partition coefficient (Wildman–Crippen LogP) is 7.58. The summed E-state index contributed by atoms with van der Waals surface area (Å²) in [4.78, 5) is 10.6. The summed E-state index contributed by atoms with van der Waals surface area (Å²) in [5.41, 5.74) is 0. The van der Waals surface area contributed by atoms with Gasteiger partial charge in [-0.25, -0.2) is 0 Å². The third-order valence-corrected chi connectivity index (χ3v) is 8.42. The quantitative estimate of drug-likeness (QED) is 0.163. The third-order valence-electron chi connectivity index (χ3n) is 4.58. The Morgan fingerprint density at radius 1 is 0.917 bits per heavy atom. The predicted molar refractivity (Wildman–Crippen MR) is 113 cm³/mol. The largest absolute Gasteiger partial charge is 0.281 e. The monoisotopic (exact) mass is 390 g/mol. The first-order valence-electron chi connectivity index (χ1n) is 9.80. The average molecular weight is 391 g/mol. The van der Waals surface area contributed by atoms with Gasteiger partial charge < -0.3 is 0 Å². The van der Waals surface area contributed by atoms with E-state index < -0.39 is 0 Å². The zero-order chi connectivity index (χ0) is 17.5. The van der Waals surface area contributed by atoms with Crippen LogP contribution in [-0.4, -0.2) is 20.8 Å². The van der Waals surface area contributed by atoms with E-state index in [2.05, 4.69) is 42.6 Å². The second kappa shape index (κ2) is 14.6. The van der Waals surface area contributed by atoms with Crippen molar-refractivity contribution in [3.8, 4) is 0 Å². The summed E-state index contributed by atoms with van der Waals surface area (Å²) in [6.45, 7) is 2.29. The van der Waals surface area contributed by atoms with Crippen molar-refractivity contribution in [1.82, 2.24) is 0 Å². The van der Waals surface area contributed by atoms with E-state index >= 15 is 0 Å². The SMILES string of the molecule is CCCCCCC1(CCCCCC/C=C/CCC(=O)Cl)SCCS1. The number of rotatable bonds is 15. The molecule has 0 aliphatic carbocycles. The molecule has 24 heavy (non-hydrogen) atoms. The molecule has 0 atom stereocenters. The van der Waals surface area contributed by atoms with Gasteiger partial charge >= 0.3 is 0 Å². The van der Waals surface area contributed by atoms with Crippen LogP contribution in [0.15, 0.2) is 12.2 Å². The number of carbonyl (C=O) groups is 1. The van der Waals surface area contributed by atoms with Gasteiger partial charge in [0.2, 0.25) is 5.24 Å². The van der Waals surface area contributed by atoms with Crippen LogP contribution < -0.4 is 0 Å². The van der Waals surface area contributed by atoms with E-state index in [1.807, 2.05) is 0 Å². The first kappa shape index (κ1) is 22.4. The van der Waals surface area contributed by atoms with Crippen molar-refractivity contribution in [3.05, 3.63) is 12.2 Å². The molecule has 0 bridgehead atoms. The van der Waals surface area contributed by atoms with Crippen LogP contribution in [0.3, 0.4) is 0 Å². The number of thioether (sulfide) groups is 2. The lowest BCUT2D eigenvalue weighted by atomic mass is 10.0. The first-order chi connectivity index (χ1) is 11.7. The molecule has 1 rings (SSSR count). The van der Waals surface area contributed by atoms with Crippen LogP contribution in [0.1, 0.15) is 90.4 Å². The van der Waals surface area contributed by atoms with E-state index in [1.54, 1.807) is 0 Å². The van der Waals surface area contributed by atoms with Gasteiger partial charge in [-0.3, -0.25) is 4.79 Å². The molecule has 1 aliphatic rings. The van der Waals surface area contributed by atoms with Crippen LogP contribution in [0.25, 0.3) is 0 Å². The molecule has 0 radical (unpaired) electrons. The Kier molecular flexibility index (Phi) is 13.6. The fourth-order valence-corrected chi connectivity index (χ4v) is 6.68. The molecule has 1 nitrogen and oxygen atoms in total. The highest BCUT2D eigenvalue weighted by molar-refractivity contribution is 8.21. The molecule has 0 aromatic heterocycles. The topological polar surface area (TPSA) is 17.1 Å². The molecule has 0 spiro atoms. The average Bonchev–Trinajstić information content (AvgIpc) is 3.02. The molecule has 1 aliphatic heterocycles. The van der Waals surface area contributed by atoms with E-state index in [4.69, 9.17) is 11.6 Å². The van der Waals surface area contributed by atoms with E-state index in [-0.39, 0.29) is 5.24 Å². The minimum Gasteiger partial charge on any atom is -0.281 e. The van der Waals surface area contributed by atoms with Crippen molar-refractivity contribution in [2.24, 2.45) is 0 Å². The highest BCUT2D eigenvalue weighted by atomic mass is 35.5. The van der Waals surface area contributed by atoms with Crippen LogP contribution in [0, 0.1) is 0 Å². The van der Waals surface area contributed by atoms with Crippen molar-refractivity contribution >= 4 is 40.4 Å². The maximum Gasteiger partial charge on any atom is 0.221 e. The molecule has 0 saturated carbocycles. The molecule has 0 aromatic carbocycles. The Morgan fingerprint density at radius 2 is 1.50 bits per heavy atom. The number of hydrogen-bond donors (Lipinski definition) is 0. The highest BCUT2D eigenvalue weighted by Crippen LogP contribution is 2.50. The second-order valence-corrected chi connectivity index (χ2v) is 10.4. The molecule has 4 heteroatoms. The lowest BCUT2D eigenvalue weighted by molar-refractivity contribution is -0.111.